The minimum Gasteiger partial charge on any atom is -0.352 e. The molecule has 1 N–H and O–H groups in total. The number of nitrogens with zero attached hydrogens (tertiary/aromatic N) is 4. The molecule has 1 aliphatic heterocycles. The van der Waals surface area contributed by atoms with E-state index >= 15 is 0 Å². The second-order valence-corrected chi connectivity index (χ2v) is 7.98. The number of hydrogen-bond donors (Lipinski definition) is 1. The van der Waals surface area contributed by atoms with E-state index in [2.05, 4.69) is 10.3 Å². The number of halogens is 2. The van der Waals surface area contributed by atoms with Crippen molar-refractivity contribution in [2.75, 3.05) is 5.32 Å². The molecule has 5 rings (SSSR count). The monoisotopic (exact) mass is 441 g/mol. The lowest BCUT2D eigenvalue weighted by molar-refractivity contribution is 0.508. The summed E-state index contributed by atoms with van der Waals surface area (Å²) in [6, 6.07) is 19.2. The lowest BCUT2D eigenvalue weighted by atomic mass is 10.1. The highest BCUT2D eigenvalue weighted by Gasteiger charge is 2.17. The molecule has 3 aromatic rings. The Balaban J connectivity index is 1.84. The van der Waals surface area contributed by atoms with Crippen LogP contribution < -0.4 is 10.7 Å². The molecule has 2 aliphatic rings. The number of aromatic nitrogens is 3. The van der Waals surface area contributed by atoms with Crippen molar-refractivity contribution in [2.24, 2.45) is 4.99 Å². The first-order valence-electron chi connectivity index (χ1n) is 10.6. The number of nitrogens with one attached hydrogen (secondary N) is 1. The normalized spacial score (nSPS) is 12.1. The highest BCUT2D eigenvalue weighted by atomic mass is 19.2. The van der Waals surface area contributed by atoms with Crippen molar-refractivity contribution in [1.29, 1.82) is 0 Å². The zero-order chi connectivity index (χ0) is 22.9. The van der Waals surface area contributed by atoms with E-state index in [1.165, 1.54) is 6.07 Å². The first-order chi connectivity index (χ1) is 16.0. The Hall–Kier alpha value is -4.13. The molecule has 33 heavy (non-hydrogen) atoms. The van der Waals surface area contributed by atoms with Crippen LogP contribution in [-0.4, -0.2) is 20.6 Å². The van der Waals surface area contributed by atoms with Gasteiger partial charge in [0, 0.05) is 24.0 Å². The maximum Gasteiger partial charge on any atom is 0.160 e. The highest BCUT2D eigenvalue weighted by Crippen LogP contribution is 2.30. The summed E-state index contributed by atoms with van der Waals surface area (Å²) in [4.78, 5) is 13.8. The molecule has 164 valence electrons. The molecule has 1 aliphatic carbocycles. The molecule has 0 radical (unpaired) electrons. The van der Waals surface area contributed by atoms with Gasteiger partial charge in [-0.3, -0.25) is 9.98 Å². The summed E-state index contributed by atoms with van der Waals surface area (Å²) in [5.41, 5.74) is 5.04. The lowest BCUT2D eigenvalue weighted by Gasteiger charge is -2.20. The van der Waals surface area contributed by atoms with E-state index in [-0.39, 0.29) is 6.04 Å². The van der Waals surface area contributed by atoms with Crippen molar-refractivity contribution in [3.8, 4) is 17.1 Å². The SMILES string of the molecule is CC(C)N=c1cc2n(-c3ccc(F)c(F)c3)c3ccccc3nc-2cc1Nc1cccnc1. The van der Waals surface area contributed by atoms with Crippen LogP contribution in [0.3, 0.4) is 0 Å². The van der Waals surface area contributed by atoms with Gasteiger partial charge in [-0.1, -0.05) is 12.1 Å². The second kappa shape index (κ2) is 8.43. The zero-order valence-electron chi connectivity index (χ0n) is 18.1. The summed E-state index contributed by atoms with van der Waals surface area (Å²) in [6.45, 7) is 4.00. The third kappa shape index (κ3) is 4.05. The molecule has 0 fully saturated rings. The molecule has 0 unspecified atom stereocenters. The quantitative estimate of drug-likeness (QED) is 0.356. The molecular formula is C26H21F2N5. The highest BCUT2D eigenvalue weighted by molar-refractivity contribution is 5.84. The Morgan fingerprint density at radius 3 is 2.55 bits per heavy atom. The van der Waals surface area contributed by atoms with Gasteiger partial charge in [-0.2, -0.15) is 0 Å². The molecule has 2 aromatic carbocycles. The largest absolute Gasteiger partial charge is 0.352 e. The fraction of sp³-hybridized carbons (Fsp3) is 0.115. The molecule has 0 atom stereocenters. The maximum absolute atomic E-state index is 14.2. The van der Waals surface area contributed by atoms with E-state index in [1.807, 2.05) is 66.9 Å². The minimum atomic E-state index is -0.906. The Labute approximate surface area is 189 Å². The summed E-state index contributed by atoms with van der Waals surface area (Å²) in [7, 11) is 0. The van der Waals surface area contributed by atoms with Gasteiger partial charge in [0.15, 0.2) is 11.6 Å². The number of anilines is 2. The van der Waals surface area contributed by atoms with Crippen molar-refractivity contribution < 1.29 is 8.78 Å². The van der Waals surface area contributed by atoms with Crippen LogP contribution in [0.25, 0.3) is 28.1 Å². The standard InChI is InChI=1S/C26H21F2N5/c1-16(2)30-23-14-26-24(13-22(23)31-17-6-5-11-29-15-17)32-21-7-3-4-8-25(21)33(26)18-9-10-19(27)20(28)12-18/h3-16,31H,1-2H3. The van der Waals surface area contributed by atoms with Crippen molar-refractivity contribution >= 4 is 22.4 Å². The van der Waals surface area contributed by atoms with Crippen LogP contribution in [0, 0.1) is 11.6 Å². The van der Waals surface area contributed by atoms with E-state index < -0.39 is 11.6 Å². The average Bonchev–Trinajstić information content (AvgIpc) is 2.80. The molecule has 0 bridgehead atoms. The van der Waals surface area contributed by atoms with Crippen LogP contribution >= 0.6 is 0 Å². The molecular weight excluding hydrogens is 420 g/mol. The molecule has 0 saturated carbocycles. The number of benzene rings is 3. The third-order valence-corrected chi connectivity index (χ3v) is 5.20. The first kappa shape index (κ1) is 20.8. The van der Waals surface area contributed by atoms with Gasteiger partial charge in [-0.05, 0) is 62.4 Å². The second-order valence-electron chi connectivity index (χ2n) is 7.98. The van der Waals surface area contributed by atoms with Crippen LogP contribution in [-0.2, 0) is 0 Å². The maximum atomic E-state index is 14.2. The van der Waals surface area contributed by atoms with Crippen molar-refractivity contribution in [1.82, 2.24) is 14.5 Å². The first-order valence-corrected chi connectivity index (χ1v) is 10.6. The van der Waals surface area contributed by atoms with Gasteiger partial charge in [0.1, 0.15) is 0 Å². The van der Waals surface area contributed by atoms with Crippen molar-refractivity contribution in [3.05, 3.63) is 96.1 Å². The van der Waals surface area contributed by atoms with E-state index in [9.17, 15) is 8.78 Å². The summed E-state index contributed by atoms with van der Waals surface area (Å²) >= 11 is 0. The predicted octanol–water partition coefficient (Wildman–Crippen LogP) is 5.86. The Bertz CT molecular complexity index is 1490. The van der Waals surface area contributed by atoms with Gasteiger partial charge >= 0.3 is 0 Å². The van der Waals surface area contributed by atoms with E-state index in [0.29, 0.717) is 11.4 Å². The fourth-order valence-electron chi connectivity index (χ4n) is 3.82. The van der Waals surface area contributed by atoms with Crippen LogP contribution in [0.15, 0.2) is 84.1 Å². The summed E-state index contributed by atoms with van der Waals surface area (Å²) in [5, 5.41) is 4.11. The van der Waals surface area contributed by atoms with Crippen molar-refractivity contribution in [3.63, 3.8) is 0 Å². The van der Waals surface area contributed by atoms with Gasteiger partial charge in [0.25, 0.3) is 0 Å². The topological polar surface area (TPSA) is 55.1 Å². The molecule has 0 saturated heterocycles. The van der Waals surface area contributed by atoms with Crippen LogP contribution in [0.2, 0.25) is 0 Å². The van der Waals surface area contributed by atoms with Gasteiger partial charge < -0.3 is 9.88 Å². The number of fused-ring (bicyclic) bond motifs is 2. The Morgan fingerprint density at radius 1 is 0.939 bits per heavy atom. The number of para-hydroxylation sites is 2. The van der Waals surface area contributed by atoms with Crippen LogP contribution in [0.1, 0.15) is 13.8 Å². The van der Waals surface area contributed by atoms with Crippen molar-refractivity contribution in [2.45, 2.75) is 19.9 Å². The molecule has 7 heteroatoms. The smallest absolute Gasteiger partial charge is 0.160 e. The lowest BCUT2D eigenvalue weighted by Crippen LogP contribution is -2.16. The van der Waals surface area contributed by atoms with Crippen LogP contribution in [0.5, 0.6) is 0 Å². The van der Waals surface area contributed by atoms with E-state index in [1.54, 1.807) is 18.5 Å². The van der Waals surface area contributed by atoms with Gasteiger partial charge in [-0.25, -0.2) is 13.8 Å². The Kier molecular flexibility index (Phi) is 5.30. The van der Waals surface area contributed by atoms with E-state index in [4.69, 9.17) is 9.98 Å². The average molecular weight is 441 g/mol. The summed E-state index contributed by atoms with van der Waals surface area (Å²) in [6.07, 6.45) is 3.45. The van der Waals surface area contributed by atoms with E-state index in [0.717, 1.165) is 39.5 Å². The number of rotatable bonds is 4. The number of pyridine rings is 1. The third-order valence-electron chi connectivity index (χ3n) is 5.20. The van der Waals surface area contributed by atoms with Gasteiger partial charge in [0.05, 0.1) is 45.4 Å². The summed E-state index contributed by atoms with van der Waals surface area (Å²) in [5.74, 6) is -1.79. The summed E-state index contributed by atoms with van der Waals surface area (Å²) < 4.78 is 29.8. The molecule has 5 nitrogen and oxygen atoms in total. The van der Waals surface area contributed by atoms with Gasteiger partial charge in [-0.15, -0.1) is 0 Å². The Morgan fingerprint density at radius 2 is 1.79 bits per heavy atom. The zero-order valence-corrected chi connectivity index (χ0v) is 18.1. The predicted molar refractivity (Wildman–Crippen MR) is 126 cm³/mol. The van der Waals surface area contributed by atoms with Gasteiger partial charge in [0.2, 0.25) is 0 Å². The minimum absolute atomic E-state index is 0.0435. The molecule has 1 aromatic heterocycles. The molecule has 2 heterocycles. The fourth-order valence-corrected chi connectivity index (χ4v) is 3.82. The molecule has 0 amide bonds. The van der Waals surface area contributed by atoms with Crippen LogP contribution in [0.4, 0.5) is 20.2 Å². The molecule has 0 spiro atoms. The number of hydrogen-bond acceptors (Lipinski definition) is 4.